The van der Waals surface area contributed by atoms with Crippen molar-refractivity contribution in [1.82, 2.24) is 10.2 Å². The highest BCUT2D eigenvalue weighted by atomic mass is 19.4. The fourth-order valence-electron chi connectivity index (χ4n) is 3.05. The van der Waals surface area contributed by atoms with Gasteiger partial charge in [0.1, 0.15) is 12.6 Å². The average Bonchev–Trinajstić information content (AvgIpc) is 2.94. The van der Waals surface area contributed by atoms with Gasteiger partial charge in [0.05, 0.1) is 11.3 Å². The smallest absolute Gasteiger partial charge is 0.326 e. The number of anilines is 1. The molecule has 0 bridgehead atoms. The number of carbonyl (C=O) groups is 3. The summed E-state index contributed by atoms with van der Waals surface area (Å²) in [7, 11) is 0. The summed E-state index contributed by atoms with van der Waals surface area (Å²) in [6.45, 7) is -0.668. The first-order valence-electron chi connectivity index (χ1n) is 8.87. The minimum atomic E-state index is -4.65. The standard InChI is InChI=1S/C20H18F3N3O3/c21-20(22,23)14-8-4-5-9-15(14)24-17(27)12-26-18(28)16(25-19(26)29)11-10-13-6-2-1-3-7-13/h1-9,16H,10-12H2,(H,24,27)(H,25,29)/t16-/m0/s1. The second-order valence-electron chi connectivity index (χ2n) is 6.54. The van der Waals surface area contributed by atoms with Crippen LogP contribution < -0.4 is 10.6 Å². The zero-order valence-electron chi connectivity index (χ0n) is 15.2. The molecule has 1 atom stereocenters. The van der Waals surface area contributed by atoms with E-state index in [1.54, 1.807) is 0 Å². The number of imide groups is 1. The molecular formula is C20H18F3N3O3. The quantitative estimate of drug-likeness (QED) is 0.725. The van der Waals surface area contributed by atoms with Gasteiger partial charge in [0.25, 0.3) is 5.91 Å². The van der Waals surface area contributed by atoms with Gasteiger partial charge in [0, 0.05) is 0 Å². The Kier molecular flexibility index (Phi) is 5.86. The van der Waals surface area contributed by atoms with E-state index in [-0.39, 0.29) is 0 Å². The maximum Gasteiger partial charge on any atom is 0.418 e. The lowest BCUT2D eigenvalue weighted by Gasteiger charge is -2.16. The van der Waals surface area contributed by atoms with Gasteiger partial charge in [-0.1, -0.05) is 42.5 Å². The predicted octanol–water partition coefficient (Wildman–Crippen LogP) is 3.20. The van der Waals surface area contributed by atoms with Gasteiger partial charge in [0.2, 0.25) is 5.91 Å². The highest BCUT2D eigenvalue weighted by Crippen LogP contribution is 2.34. The van der Waals surface area contributed by atoms with Gasteiger partial charge in [-0.05, 0) is 30.5 Å². The van der Waals surface area contributed by atoms with Gasteiger partial charge in [-0.3, -0.25) is 14.5 Å². The molecule has 2 aromatic rings. The number of urea groups is 1. The van der Waals surface area contributed by atoms with Gasteiger partial charge >= 0.3 is 12.2 Å². The van der Waals surface area contributed by atoms with Crippen LogP contribution in [0, 0.1) is 0 Å². The molecule has 0 radical (unpaired) electrons. The van der Waals surface area contributed by atoms with Gasteiger partial charge in [-0.25, -0.2) is 4.79 Å². The lowest BCUT2D eigenvalue weighted by Crippen LogP contribution is -2.38. The summed E-state index contributed by atoms with van der Waals surface area (Å²) in [4.78, 5) is 37.4. The fraction of sp³-hybridized carbons (Fsp3) is 0.250. The molecule has 0 spiro atoms. The molecule has 0 aliphatic carbocycles. The van der Waals surface area contributed by atoms with Crippen LogP contribution in [-0.2, 0) is 22.2 Å². The monoisotopic (exact) mass is 405 g/mol. The summed E-state index contributed by atoms with van der Waals surface area (Å²) in [6.07, 6.45) is -3.74. The van der Waals surface area contributed by atoms with E-state index in [2.05, 4.69) is 10.6 Å². The molecule has 2 aromatic carbocycles. The predicted molar refractivity (Wildman–Crippen MR) is 98.9 cm³/mol. The summed E-state index contributed by atoms with van der Waals surface area (Å²) >= 11 is 0. The van der Waals surface area contributed by atoms with E-state index in [0.717, 1.165) is 17.7 Å². The van der Waals surface area contributed by atoms with Crippen molar-refractivity contribution in [3.63, 3.8) is 0 Å². The Morgan fingerprint density at radius 3 is 2.38 bits per heavy atom. The van der Waals surface area contributed by atoms with Crippen molar-refractivity contribution in [3.8, 4) is 0 Å². The molecule has 1 aliphatic heterocycles. The van der Waals surface area contributed by atoms with E-state index < -0.39 is 47.9 Å². The van der Waals surface area contributed by atoms with Crippen molar-refractivity contribution in [2.75, 3.05) is 11.9 Å². The third-order valence-corrected chi connectivity index (χ3v) is 4.48. The summed E-state index contributed by atoms with van der Waals surface area (Å²) in [5.41, 5.74) is -0.446. The van der Waals surface area contributed by atoms with Crippen LogP contribution in [0.1, 0.15) is 17.5 Å². The number of rotatable bonds is 6. The maximum absolute atomic E-state index is 13.0. The van der Waals surface area contributed by atoms with Crippen molar-refractivity contribution >= 4 is 23.5 Å². The van der Waals surface area contributed by atoms with Crippen molar-refractivity contribution in [2.45, 2.75) is 25.1 Å². The van der Waals surface area contributed by atoms with Crippen LogP contribution in [0.15, 0.2) is 54.6 Å². The Bertz CT molecular complexity index is 916. The first-order valence-corrected chi connectivity index (χ1v) is 8.87. The van der Waals surface area contributed by atoms with Crippen LogP contribution in [0.5, 0.6) is 0 Å². The molecule has 0 unspecified atom stereocenters. The number of aryl methyl sites for hydroxylation is 1. The zero-order valence-corrected chi connectivity index (χ0v) is 15.2. The van der Waals surface area contributed by atoms with Gasteiger partial charge in [-0.2, -0.15) is 13.2 Å². The number of hydrogen-bond donors (Lipinski definition) is 2. The number of alkyl halides is 3. The molecule has 29 heavy (non-hydrogen) atoms. The molecule has 9 heteroatoms. The van der Waals surface area contributed by atoms with Crippen LogP contribution >= 0.6 is 0 Å². The van der Waals surface area contributed by atoms with Crippen LogP contribution in [0.4, 0.5) is 23.7 Å². The number of para-hydroxylation sites is 1. The van der Waals surface area contributed by atoms with Crippen molar-refractivity contribution in [2.24, 2.45) is 0 Å². The number of hydrogen-bond acceptors (Lipinski definition) is 3. The van der Waals surface area contributed by atoms with Crippen LogP contribution in [0.25, 0.3) is 0 Å². The molecule has 0 aromatic heterocycles. The second-order valence-corrected chi connectivity index (χ2v) is 6.54. The van der Waals surface area contributed by atoms with Gasteiger partial charge < -0.3 is 10.6 Å². The largest absolute Gasteiger partial charge is 0.418 e. The molecule has 1 saturated heterocycles. The first kappa shape index (κ1) is 20.4. The van der Waals surface area contributed by atoms with Crippen LogP contribution in [-0.4, -0.2) is 35.3 Å². The van der Waals surface area contributed by atoms with E-state index in [4.69, 9.17) is 0 Å². The molecule has 0 saturated carbocycles. The van der Waals surface area contributed by atoms with E-state index >= 15 is 0 Å². The van der Waals surface area contributed by atoms with E-state index in [0.29, 0.717) is 17.7 Å². The normalized spacial score (nSPS) is 16.7. The van der Waals surface area contributed by atoms with Crippen molar-refractivity contribution < 1.29 is 27.6 Å². The number of nitrogens with zero attached hydrogens (tertiary/aromatic N) is 1. The van der Waals surface area contributed by atoms with Crippen LogP contribution in [0.2, 0.25) is 0 Å². The van der Waals surface area contributed by atoms with E-state index in [1.807, 2.05) is 30.3 Å². The molecule has 1 heterocycles. The zero-order chi connectivity index (χ0) is 21.0. The van der Waals surface area contributed by atoms with Crippen molar-refractivity contribution in [3.05, 3.63) is 65.7 Å². The molecule has 1 aliphatic rings. The number of benzene rings is 2. The molecule has 152 valence electrons. The third-order valence-electron chi connectivity index (χ3n) is 4.48. The maximum atomic E-state index is 13.0. The Morgan fingerprint density at radius 2 is 1.69 bits per heavy atom. The minimum Gasteiger partial charge on any atom is -0.326 e. The summed E-state index contributed by atoms with van der Waals surface area (Å²) < 4.78 is 39.1. The van der Waals surface area contributed by atoms with E-state index in [1.165, 1.54) is 12.1 Å². The van der Waals surface area contributed by atoms with Crippen molar-refractivity contribution in [1.29, 1.82) is 0 Å². The highest BCUT2D eigenvalue weighted by Gasteiger charge is 2.39. The first-order chi connectivity index (χ1) is 13.8. The molecular weight excluding hydrogens is 387 g/mol. The number of nitrogens with one attached hydrogen (secondary N) is 2. The SMILES string of the molecule is O=C(CN1C(=O)N[C@@H](CCc2ccccc2)C1=O)Nc1ccccc1C(F)(F)F. The second kappa shape index (κ2) is 8.34. The summed E-state index contributed by atoms with van der Waals surface area (Å²) in [5.74, 6) is -1.47. The van der Waals surface area contributed by atoms with Crippen LogP contribution in [0.3, 0.4) is 0 Å². The lowest BCUT2D eigenvalue weighted by atomic mass is 10.1. The Morgan fingerprint density at radius 1 is 1.03 bits per heavy atom. The Labute approximate surface area is 164 Å². The molecule has 3 rings (SSSR count). The lowest BCUT2D eigenvalue weighted by molar-refractivity contribution is -0.137. The molecule has 1 fully saturated rings. The average molecular weight is 405 g/mol. The fourth-order valence-corrected chi connectivity index (χ4v) is 3.05. The Balaban J connectivity index is 1.61. The topological polar surface area (TPSA) is 78.5 Å². The van der Waals surface area contributed by atoms with Gasteiger partial charge in [-0.15, -0.1) is 0 Å². The minimum absolute atomic E-state index is 0.351. The van der Waals surface area contributed by atoms with E-state index in [9.17, 15) is 27.6 Å². The highest BCUT2D eigenvalue weighted by molar-refractivity contribution is 6.08. The Hall–Kier alpha value is -3.36. The summed E-state index contributed by atoms with van der Waals surface area (Å²) in [5, 5.41) is 4.63. The third kappa shape index (κ3) is 4.92. The number of halogens is 3. The summed E-state index contributed by atoms with van der Waals surface area (Å²) in [6, 6.07) is 12.3. The van der Waals surface area contributed by atoms with Gasteiger partial charge in [0.15, 0.2) is 0 Å². The number of amides is 4. The molecule has 4 amide bonds. The molecule has 6 nitrogen and oxygen atoms in total. The molecule has 2 N–H and O–H groups in total. The number of carbonyl (C=O) groups excluding carboxylic acids is 3.